The number of benzene rings is 1. The van der Waals surface area contributed by atoms with Gasteiger partial charge in [0.15, 0.2) is 5.82 Å². The molecule has 1 atom stereocenters. The maximum Gasteiger partial charge on any atom is 0.230 e. The van der Waals surface area contributed by atoms with Crippen LogP contribution in [0.15, 0.2) is 40.9 Å². The molecular formula is C16H14Cl2N4OS2. The Morgan fingerprint density at radius 3 is 2.92 bits per heavy atom. The molecule has 9 heteroatoms. The highest BCUT2D eigenvalue weighted by Gasteiger charge is 2.13. The Labute approximate surface area is 163 Å². The van der Waals surface area contributed by atoms with Gasteiger partial charge in [-0.05, 0) is 36.1 Å². The molecule has 1 amide bonds. The third-order valence-corrected chi connectivity index (χ3v) is 5.84. The summed E-state index contributed by atoms with van der Waals surface area (Å²) in [5.41, 5.74) is 0.894. The molecule has 0 saturated heterocycles. The van der Waals surface area contributed by atoms with Crippen LogP contribution >= 0.6 is 46.3 Å². The lowest BCUT2D eigenvalue weighted by Crippen LogP contribution is -2.28. The van der Waals surface area contributed by atoms with E-state index >= 15 is 0 Å². The van der Waals surface area contributed by atoms with Gasteiger partial charge in [0.05, 0.1) is 26.7 Å². The van der Waals surface area contributed by atoms with E-state index in [0.717, 1.165) is 10.4 Å². The van der Waals surface area contributed by atoms with E-state index in [0.29, 0.717) is 21.0 Å². The molecule has 1 aromatic carbocycles. The van der Waals surface area contributed by atoms with Gasteiger partial charge in [-0.3, -0.25) is 9.89 Å². The van der Waals surface area contributed by atoms with Crippen molar-refractivity contribution < 1.29 is 4.79 Å². The van der Waals surface area contributed by atoms with Crippen LogP contribution in [-0.4, -0.2) is 26.8 Å². The molecule has 0 aliphatic heterocycles. The topological polar surface area (TPSA) is 70.7 Å². The van der Waals surface area contributed by atoms with Crippen LogP contribution in [0.5, 0.6) is 0 Å². The minimum absolute atomic E-state index is 0.106. The standard InChI is InChI=1S/C16H14Cl2N4OS2/c1-9(10-4-5-11(17)12(18)7-10)19-14(23)8-25-16-20-15(21-22-16)13-3-2-6-24-13/h2-7,9H,8H2,1H3,(H,19,23)(H,20,21,22). The molecule has 3 rings (SSSR count). The normalized spacial score (nSPS) is 12.1. The molecule has 0 aliphatic rings. The second-order valence-electron chi connectivity index (χ2n) is 5.20. The fourth-order valence-electron chi connectivity index (χ4n) is 2.11. The highest BCUT2D eigenvalue weighted by molar-refractivity contribution is 7.99. The van der Waals surface area contributed by atoms with Crippen molar-refractivity contribution >= 4 is 52.2 Å². The highest BCUT2D eigenvalue weighted by atomic mass is 35.5. The van der Waals surface area contributed by atoms with Gasteiger partial charge in [0.25, 0.3) is 0 Å². The summed E-state index contributed by atoms with van der Waals surface area (Å²) in [6, 6.07) is 9.06. The maximum absolute atomic E-state index is 12.1. The summed E-state index contributed by atoms with van der Waals surface area (Å²) >= 11 is 14.8. The Hall–Kier alpha value is -1.54. The van der Waals surface area contributed by atoms with Crippen molar-refractivity contribution in [3.63, 3.8) is 0 Å². The molecular weight excluding hydrogens is 399 g/mol. The van der Waals surface area contributed by atoms with Crippen molar-refractivity contribution in [2.24, 2.45) is 0 Å². The Morgan fingerprint density at radius 2 is 2.20 bits per heavy atom. The van der Waals surface area contributed by atoms with Crippen LogP contribution in [0.4, 0.5) is 0 Å². The van der Waals surface area contributed by atoms with Crippen LogP contribution < -0.4 is 5.32 Å². The molecule has 0 bridgehead atoms. The monoisotopic (exact) mass is 412 g/mol. The predicted octanol–water partition coefficient (Wildman–Crippen LogP) is 4.81. The number of carbonyl (C=O) groups is 1. The summed E-state index contributed by atoms with van der Waals surface area (Å²) in [6.07, 6.45) is 0. The number of halogens is 2. The summed E-state index contributed by atoms with van der Waals surface area (Å²) < 4.78 is 0. The van der Waals surface area contributed by atoms with Crippen molar-refractivity contribution in [2.75, 3.05) is 5.75 Å². The van der Waals surface area contributed by atoms with Crippen LogP contribution in [0.25, 0.3) is 10.7 Å². The first-order valence-electron chi connectivity index (χ1n) is 7.36. The zero-order valence-corrected chi connectivity index (χ0v) is 16.3. The van der Waals surface area contributed by atoms with E-state index in [-0.39, 0.29) is 17.7 Å². The molecule has 5 nitrogen and oxygen atoms in total. The van der Waals surface area contributed by atoms with Gasteiger partial charge >= 0.3 is 0 Å². The first-order chi connectivity index (χ1) is 12.0. The first kappa shape index (κ1) is 18.3. The summed E-state index contributed by atoms with van der Waals surface area (Å²) in [7, 11) is 0. The molecule has 0 fully saturated rings. The molecule has 2 aromatic heterocycles. The van der Waals surface area contributed by atoms with Gasteiger partial charge < -0.3 is 5.32 Å². The second kappa shape index (κ2) is 8.23. The molecule has 0 aliphatic carbocycles. The minimum Gasteiger partial charge on any atom is -0.349 e. The molecule has 25 heavy (non-hydrogen) atoms. The van der Waals surface area contributed by atoms with E-state index < -0.39 is 0 Å². The fourth-order valence-corrected chi connectivity index (χ4v) is 3.69. The van der Waals surface area contributed by atoms with Gasteiger partial charge in [0.2, 0.25) is 11.1 Å². The number of hydrogen-bond acceptors (Lipinski definition) is 5. The van der Waals surface area contributed by atoms with Gasteiger partial charge in [-0.2, -0.15) is 0 Å². The van der Waals surface area contributed by atoms with E-state index in [9.17, 15) is 4.79 Å². The number of aromatic amines is 1. The predicted molar refractivity (Wildman–Crippen MR) is 103 cm³/mol. The van der Waals surface area contributed by atoms with Crippen molar-refractivity contribution in [1.82, 2.24) is 20.5 Å². The highest BCUT2D eigenvalue weighted by Crippen LogP contribution is 2.26. The largest absolute Gasteiger partial charge is 0.349 e. The SMILES string of the molecule is CC(NC(=O)CSc1n[nH]c(-c2cccs2)n1)c1ccc(Cl)c(Cl)c1. The number of thioether (sulfide) groups is 1. The van der Waals surface area contributed by atoms with Crippen LogP contribution in [0.3, 0.4) is 0 Å². The summed E-state index contributed by atoms with van der Waals surface area (Å²) in [5, 5.41) is 13.4. The fraction of sp³-hybridized carbons (Fsp3) is 0.188. The van der Waals surface area contributed by atoms with Gasteiger partial charge in [-0.1, -0.05) is 47.1 Å². The van der Waals surface area contributed by atoms with E-state index in [1.165, 1.54) is 11.8 Å². The third kappa shape index (κ3) is 4.76. The Kier molecular flexibility index (Phi) is 6.01. The van der Waals surface area contributed by atoms with Crippen LogP contribution in [0, 0.1) is 0 Å². The molecule has 3 aromatic rings. The Balaban J connectivity index is 1.53. The van der Waals surface area contributed by atoms with Gasteiger partial charge in [-0.25, -0.2) is 4.98 Å². The minimum atomic E-state index is -0.170. The number of thiophene rings is 1. The lowest BCUT2D eigenvalue weighted by atomic mass is 10.1. The van der Waals surface area contributed by atoms with Crippen molar-refractivity contribution in [2.45, 2.75) is 18.1 Å². The first-order valence-corrected chi connectivity index (χ1v) is 9.98. The van der Waals surface area contributed by atoms with E-state index in [2.05, 4.69) is 20.5 Å². The van der Waals surface area contributed by atoms with Gasteiger partial charge in [0.1, 0.15) is 0 Å². The van der Waals surface area contributed by atoms with Crippen LogP contribution in [0.2, 0.25) is 10.0 Å². The summed E-state index contributed by atoms with van der Waals surface area (Å²) in [4.78, 5) is 17.5. The number of aromatic nitrogens is 3. The van der Waals surface area contributed by atoms with Crippen molar-refractivity contribution in [3.05, 3.63) is 51.3 Å². The number of carbonyl (C=O) groups excluding carboxylic acids is 1. The quantitative estimate of drug-likeness (QED) is 0.569. The van der Waals surface area contributed by atoms with Gasteiger partial charge in [0, 0.05) is 0 Å². The number of rotatable bonds is 6. The number of nitrogens with one attached hydrogen (secondary N) is 2. The maximum atomic E-state index is 12.1. The number of amides is 1. The summed E-state index contributed by atoms with van der Waals surface area (Å²) in [5.74, 6) is 0.834. The second-order valence-corrected chi connectivity index (χ2v) is 7.90. The lowest BCUT2D eigenvalue weighted by molar-refractivity contribution is -0.119. The third-order valence-electron chi connectivity index (χ3n) is 3.37. The molecule has 2 heterocycles. The van der Waals surface area contributed by atoms with Crippen molar-refractivity contribution in [1.29, 1.82) is 0 Å². The molecule has 0 saturated carbocycles. The zero-order chi connectivity index (χ0) is 17.8. The van der Waals surface area contributed by atoms with Crippen LogP contribution in [-0.2, 0) is 4.79 Å². The molecule has 0 radical (unpaired) electrons. The number of H-pyrrole nitrogens is 1. The smallest absolute Gasteiger partial charge is 0.230 e. The average molecular weight is 413 g/mol. The average Bonchev–Trinajstić information content (AvgIpc) is 3.26. The van der Waals surface area contributed by atoms with Gasteiger partial charge in [-0.15, -0.1) is 16.4 Å². The van der Waals surface area contributed by atoms with E-state index in [1.807, 2.05) is 30.5 Å². The number of nitrogens with zero attached hydrogens (tertiary/aromatic N) is 2. The van der Waals surface area contributed by atoms with Crippen molar-refractivity contribution in [3.8, 4) is 10.7 Å². The molecule has 2 N–H and O–H groups in total. The molecule has 0 spiro atoms. The Bertz CT molecular complexity index is 867. The molecule has 130 valence electrons. The van der Waals surface area contributed by atoms with E-state index in [1.54, 1.807) is 23.5 Å². The number of hydrogen-bond donors (Lipinski definition) is 2. The zero-order valence-electron chi connectivity index (χ0n) is 13.1. The Morgan fingerprint density at radius 1 is 1.36 bits per heavy atom. The van der Waals surface area contributed by atoms with E-state index in [4.69, 9.17) is 23.2 Å². The van der Waals surface area contributed by atoms with Crippen LogP contribution in [0.1, 0.15) is 18.5 Å². The lowest BCUT2D eigenvalue weighted by Gasteiger charge is -2.14. The summed E-state index contributed by atoms with van der Waals surface area (Å²) in [6.45, 7) is 1.89. The molecule has 1 unspecified atom stereocenters.